The molecule has 0 aromatic heterocycles. The molecule has 2 atom stereocenters. The Kier molecular flexibility index (Phi) is 5.41. The Morgan fingerprint density at radius 3 is 2.70 bits per heavy atom. The van der Waals surface area contributed by atoms with Crippen molar-refractivity contribution < 1.29 is 22.7 Å². The van der Waals surface area contributed by atoms with E-state index in [1.807, 2.05) is 0 Å². The molecule has 2 aliphatic heterocycles. The Balaban J connectivity index is 1.88. The summed E-state index contributed by atoms with van der Waals surface area (Å²) in [5.41, 5.74) is -1.14. The number of hydrogen-bond donors (Lipinski definition) is 4. The number of carbonyl (C=O) groups is 2. The average molecular weight is 396 g/mol. The summed E-state index contributed by atoms with van der Waals surface area (Å²) in [4.78, 5) is 23.8. The highest BCUT2D eigenvalue weighted by atomic mass is 32.2. The maximum Gasteiger partial charge on any atom is 0.322 e. The largest absolute Gasteiger partial charge is 0.496 e. The predicted octanol–water partition coefficient (Wildman–Crippen LogP) is 0.0277. The van der Waals surface area contributed by atoms with Crippen LogP contribution in [-0.4, -0.2) is 47.1 Å². The summed E-state index contributed by atoms with van der Waals surface area (Å²) in [5.74, 6) is -0.0180. The van der Waals surface area contributed by atoms with Gasteiger partial charge in [0.1, 0.15) is 11.3 Å². The maximum absolute atomic E-state index is 12.7. The van der Waals surface area contributed by atoms with E-state index in [4.69, 9.17) is 4.74 Å². The average Bonchev–Trinajstić information content (AvgIpc) is 2.93. The van der Waals surface area contributed by atoms with Crippen molar-refractivity contribution in [3.05, 3.63) is 23.8 Å². The minimum atomic E-state index is -3.77. The fourth-order valence-corrected chi connectivity index (χ4v) is 4.53. The van der Waals surface area contributed by atoms with Crippen LogP contribution in [0.5, 0.6) is 5.75 Å². The number of piperidine rings is 1. The molecule has 10 heteroatoms. The van der Waals surface area contributed by atoms with Crippen LogP contribution < -0.4 is 25.4 Å². The highest BCUT2D eigenvalue weighted by Gasteiger charge is 2.45. The Morgan fingerprint density at radius 2 is 2.11 bits per heavy atom. The summed E-state index contributed by atoms with van der Waals surface area (Å²) in [6, 6.07) is 3.63. The third-order valence-corrected chi connectivity index (χ3v) is 6.45. The molecule has 0 spiro atoms. The lowest BCUT2D eigenvalue weighted by Crippen LogP contribution is -2.41. The lowest BCUT2D eigenvalue weighted by molar-refractivity contribution is -0.123. The summed E-state index contributed by atoms with van der Waals surface area (Å²) in [7, 11) is -2.36. The van der Waals surface area contributed by atoms with Crippen molar-refractivity contribution in [3.63, 3.8) is 0 Å². The smallest absolute Gasteiger partial charge is 0.322 e. The number of ether oxygens (including phenoxy) is 1. The highest BCUT2D eigenvalue weighted by molar-refractivity contribution is 7.89. The fraction of sp³-hybridized carbons (Fsp3) is 0.529. The number of amides is 3. The zero-order chi connectivity index (χ0) is 19.7. The number of sulfonamides is 1. The number of methoxy groups -OCH3 is 1. The minimum Gasteiger partial charge on any atom is -0.496 e. The normalized spacial score (nSPS) is 25.8. The van der Waals surface area contributed by atoms with Crippen molar-refractivity contribution in [1.29, 1.82) is 0 Å². The van der Waals surface area contributed by atoms with Crippen molar-refractivity contribution in [2.75, 3.05) is 26.7 Å². The van der Waals surface area contributed by atoms with E-state index in [0.717, 1.165) is 25.9 Å². The van der Waals surface area contributed by atoms with Crippen LogP contribution in [-0.2, 0) is 20.4 Å². The molecule has 0 aliphatic carbocycles. The van der Waals surface area contributed by atoms with E-state index in [1.54, 1.807) is 0 Å². The molecule has 2 aliphatic rings. The van der Waals surface area contributed by atoms with E-state index in [2.05, 4.69) is 20.7 Å². The fourth-order valence-electron chi connectivity index (χ4n) is 3.39. The van der Waals surface area contributed by atoms with Crippen molar-refractivity contribution in [2.24, 2.45) is 5.92 Å². The van der Waals surface area contributed by atoms with Crippen LogP contribution in [0.2, 0.25) is 0 Å². The van der Waals surface area contributed by atoms with Crippen molar-refractivity contribution in [3.8, 4) is 5.75 Å². The molecule has 9 nitrogen and oxygen atoms in total. The molecule has 2 fully saturated rings. The topological polar surface area (TPSA) is 126 Å². The van der Waals surface area contributed by atoms with Gasteiger partial charge in [0.05, 0.1) is 12.0 Å². The molecule has 3 rings (SSSR count). The summed E-state index contributed by atoms with van der Waals surface area (Å²) in [6.45, 7) is 3.58. The van der Waals surface area contributed by atoms with Crippen LogP contribution in [0, 0.1) is 5.92 Å². The molecule has 27 heavy (non-hydrogen) atoms. The highest BCUT2D eigenvalue weighted by Crippen LogP contribution is 2.34. The third-order valence-electron chi connectivity index (χ3n) is 5.03. The summed E-state index contributed by atoms with van der Waals surface area (Å²) in [6.07, 6.45) is 1.99. The van der Waals surface area contributed by atoms with Gasteiger partial charge in [-0.15, -0.1) is 0 Å². The Bertz CT molecular complexity index is 851. The van der Waals surface area contributed by atoms with Crippen LogP contribution in [0.1, 0.15) is 25.3 Å². The van der Waals surface area contributed by atoms with E-state index in [-0.39, 0.29) is 16.4 Å². The third kappa shape index (κ3) is 3.92. The Morgan fingerprint density at radius 1 is 1.33 bits per heavy atom. The van der Waals surface area contributed by atoms with Crippen molar-refractivity contribution in [1.82, 2.24) is 20.7 Å². The van der Waals surface area contributed by atoms with Crippen molar-refractivity contribution >= 4 is 22.0 Å². The van der Waals surface area contributed by atoms with Gasteiger partial charge in [-0.2, -0.15) is 0 Å². The van der Waals surface area contributed by atoms with Crippen LogP contribution in [0.25, 0.3) is 0 Å². The molecule has 0 saturated carbocycles. The number of hydrogen-bond acceptors (Lipinski definition) is 6. The van der Waals surface area contributed by atoms with Gasteiger partial charge < -0.3 is 15.4 Å². The van der Waals surface area contributed by atoms with E-state index in [1.165, 1.54) is 32.2 Å². The zero-order valence-corrected chi connectivity index (χ0v) is 16.1. The van der Waals surface area contributed by atoms with E-state index < -0.39 is 27.5 Å². The van der Waals surface area contributed by atoms with Gasteiger partial charge in [-0.1, -0.05) is 0 Å². The molecular weight excluding hydrogens is 372 g/mol. The van der Waals surface area contributed by atoms with Crippen LogP contribution in [0.4, 0.5) is 4.79 Å². The molecule has 0 radical (unpaired) electrons. The molecule has 148 valence electrons. The lowest BCUT2D eigenvalue weighted by atomic mass is 9.91. The van der Waals surface area contributed by atoms with Gasteiger partial charge in [-0.25, -0.2) is 17.9 Å². The molecule has 4 N–H and O–H groups in total. The number of rotatable bonds is 6. The zero-order valence-electron chi connectivity index (χ0n) is 15.3. The predicted molar refractivity (Wildman–Crippen MR) is 97.8 cm³/mol. The van der Waals surface area contributed by atoms with Crippen LogP contribution in [0.15, 0.2) is 23.1 Å². The molecule has 1 aromatic carbocycles. The van der Waals surface area contributed by atoms with E-state index >= 15 is 0 Å². The molecule has 2 saturated heterocycles. The molecule has 2 heterocycles. The SMILES string of the molecule is COc1ccc(S(=O)(=O)NCC2CCCNC2)cc1C1(C)NC(=O)NC1=O. The van der Waals surface area contributed by atoms with Gasteiger partial charge in [0.25, 0.3) is 5.91 Å². The number of nitrogens with one attached hydrogen (secondary N) is 4. The second-order valence-corrected chi connectivity index (χ2v) is 8.73. The van der Waals surface area contributed by atoms with Gasteiger partial charge in [0, 0.05) is 12.1 Å². The second-order valence-electron chi connectivity index (χ2n) is 6.96. The standard InChI is InChI=1S/C17H24N4O5S/c1-17(15(22)20-16(23)21-17)13-8-12(5-6-14(13)26-2)27(24,25)19-10-11-4-3-7-18-9-11/h5-6,8,11,18-19H,3-4,7,9-10H2,1-2H3,(H2,20,21,22,23). The minimum absolute atomic E-state index is 0.0113. The van der Waals surface area contributed by atoms with Crippen LogP contribution in [0.3, 0.4) is 0 Å². The van der Waals surface area contributed by atoms with E-state index in [0.29, 0.717) is 12.3 Å². The van der Waals surface area contributed by atoms with E-state index in [9.17, 15) is 18.0 Å². The Hall–Kier alpha value is -2.17. The second kappa shape index (κ2) is 7.45. The molecule has 2 unspecified atom stereocenters. The molecule has 3 amide bonds. The summed E-state index contributed by atoms with van der Waals surface area (Å²) in [5, 5.41) is 7.95. The number of carbonyl (C=O) groups excluding carboxylic acids is 2. The first-order valence-corrected chi connectivity index (χ1v) is 10.3. The van der Waals surface area contributed by atoms with Gasteiger partial charge in [0.15, 0.2) is 0 Å². The Labute approximate surface area is 158 Å². The van der Waals surface area contributed by atoms with Gasteiger partial charge in [-0.3, -0.25) is 10.1 Å². The lowest BCUT2D eigenvalue weighted by Gasteiger charge is -2.25. The molecule has 0 bridgehead atoms. The molecule has 1 aromatic rings. The monoisotopic (exact) mass is 396 g/mol. The quantitative estimate of drug-likeness (QED) is 0.503. The first-order valence-electron chi connectivity index (χ1n) is 8.79. The first-order chi connectivity index (χ1) is 12.8. The van der Waals surface area contributed by atoms with Gasteiger partial charge >= 0.3 is 6.03 Å². The first kappa shape index (κ1) is 19.6. The maximum atomic E-state index is 12.7. The van der Waals surface area contributed by atoms with Crippen LogP contribution >= 0.6 is 0 Å². The summed E-state index contributed by atoms with van der Waals surface area (Å²) < 4.78 is 33.4. The van der Waals surface area contributed by atoms with Gasteiger partial charge in [-0.05, 0) is 57.0 Å². The summed E-state index contributed by atoms with van der Waals surface area (Å²) >= 11 is 0. The number of imide groups is 1. The number of urea groups is 1. The van der Waals surface area contributed by atoms with Crippen molar-refractivity contribution in [2.45, 2.75) is 30.2 Å². The van der Waals surface area contributed by atoms with Gasteiger partial charge in [0.2, 0.25) is 10.0 Å². The number of benzene rings is 1. The molecular formula is C17H24N4O5S.